The first-order chi connectivity index (χ1) is 19.8. The lowest BCUT2D eigenvalue weighted by Gasteiger charge is -2.34. The summed E-state index contributed by atoms with van der Waals surface area (Å²) in [5, 5.41) is 17.3. The van der Waals surface area contributed by atoms with Gasteiger partial charge in [-0.1, -0.05) is 18.2 Å². The Hall–Kier alpha value is -3.77. The number of alkyl halides is 6. The van der Waals surface area contributed by atoms with Crippen LogP contribution in [-0.4, -0.2) is 95.7 Å². The van der Waals surface area contributed by atoms with Crippen molar-refractivity contribution in [1.29, 1.82) is 0 Å². The molecule has 1 amide bonds. The quantitative estimate of drug-likeness (QED) is 0.425. The number of benzene rings is 1. The van der Waals surface area contributed by atoms with E-state index in [9.17, 15) is 39.6 Å². The number of carbonyl (C=O) groups excluding carboxylic acids is 1. The highest BCUT2D eigenvalue weighted by Crippen LogP contribution is 2.44. The van der Waals surface area contributed by atoms with Crippen LogP contribution in [0.5, 0.6) is 0 Å². The summed E-state index contributed by atoms with van der Waals surface area (Å²) < 4.78 is 91.2. The molecule has 1 aromatic heterocycles. The largest absolute Gasteiger partial charge is 0.490 e. The van der Waals surface area contributed by atoms with E-state index < -0.39 is 39.7 Å². The van der Waals surface area contributed by atoms with Gasteiger partial charge in [-0.2, -0.15) is 30.6 Å². The molecule has 3 N–H and O–H groups in total. The Bertz CT molecular complexity index is 1340. The molecule has 18 heteroatoms. The van der Waals surface area contributed by atoms with E-state index in [-0.39, 0.29) is 11.9 Å². The Morgan fingerprint density at radius 1 is 0.907 bits per heavy atom. The van der Waals surface area contributed by atoms with Gasteiger partial charge in [0, 0.05) is 25.3 Å². The van der Waals surface area contributed by atoms with E-state index in [0.717, 1.165) is 13.0 Å². The van der Waals surface area contributed by atoms with E-state index in [1.165, 1.54) is 4.31 Å². The van der Waals surface area contributed by atoms with Crippen molar-refractivity contribution in [2.75, 3.05) is 32.0 Å². The van der Waals surface area contributed by atoms with Gasteiger partial charge in [0.1, 0.15) is 0 Å². The molecule has 4 rings (SSSR count). The molecule has 0 unspecified atom stereocenters. The number of pyridine rings is 1. The summed E-state index contributed by atoms with van der Waals surface area (Å²) in [6.45, 7) is 1.58. The van der Waals surface area contributed by atoms with Crippen molar-refractivity contribution in [3.8, 4) is 0 Å². The highest BCUT2D eigenvalue weighted by atomic mass is 32.2. The smallest absolute Gasteiger partial charge is 0.475 e. The fourth-order valence-electron chi connectivity index (χ4n) is 4.66. The van der Waals surface area contributed by atoms with E-state index in [1.54, 1.807) is 48.8 Å². The van der Waals surface area contributed by atoms with Crippen LogP contribution in [0.4, 0.5) is 32.0 Å². The summed E-state index contributed by atoms with van der Waals surface area (Å²) in [4.78, 5) is 37.7. The lowest BCUT2D eigenvalue weighted by atomic mass is 9.75. The fraction of sp³-hybridized carbons (Fsp3) is 0.440. The zero-order valence-corrected chi connectivity index (χ0v) is 23.3. The zero-order chi connectivity index (χ0) is 32.6. The number of carbonyl (C=O) groups is 3. The van der Waals surface area contributed by atoms with E-state index in [4.69, 9.17) is 19.8 Å². The number of likely N-dealkylation sites (tertiary alicyclic amines) is 1. The monoisotopic (exact) mass is 642 g/mol. The van der Waals surface area contributed by atoms with Crippen molar-refractivity contribution in [3.05, 3.63) is 54.9 Å². The molecule has 2 saturated heterocycles. The van der Waals surface area contributed by atoms with Gasteiger partial charge in [-0.05, 0) is 57.1 Å². The molecule has 0 spiro atoms. The molecule has 1 aromatic carbocycles. The Morgan fingerprint density at radius 3 is 1.93 bits per heavy atom. The molecule has 0 saturated carbocycles. The van der Waals surface area contributed by atoms with Gasteiger partial charge in [0.2, 0.25) is 15.9 Å². The lowest BCUT2D eigenvalue weighted by molar-refractivity contribution is -0.193. The lowest BCUT2D eigenvalue weighted by Crippen LogP contribution is -2.46. The maximum atomic E-state index is 13.4. The van der Waals surface area contributed by atoms with Crippen LogP contribution in [0.15, 0.2) is 59.8 Å². The average molecular weight is 643 g/mol. The van der Waals surface area contributed by atoms with Gasteiger partial charge < -0.3 is 20.4 Å². The third-order valence-electron chi connectivity index (χ3n) is 6.78. The van der Waals surface area contributed by atoms with Crippen molar-refractivity contribution >= 4 is 33.6 Å². The number of hydrogen-bond acceptors (Lipinski definition) is 7. The number of rotatable bonds is 4. The third-order valence-corrected chi connectivity index (χ3v) is 8.69. The highest BCUT2D eigenvalue weighted by molar-refractivity contribution is 7.89. The minimum absolute atomic E-state index is 0.00939. The number of fused-ring (bicyclic) bond motifs is 1. The number of aromatic nitrogens is 1. The van der Waals surface area contributed by atoms with E-state index in [0.29, 0.717) is 36.5 Å². The molecule has 11 nitrogen and oxygen atoms in total. The predicted octanol–water partition coefficient (Wildman–Crippen LogP) is 3.46. The number of carboxylic acids is 2. The molecular formula is C25H28F6N4O7S. The molecule has 238 valence electrons. The predicted molar refractivity (Wildman–Crippen MR) is 138 cm³/mol. The molecule has 43 heavy (non-hydrogen) atoms. The number of nitrogens with one attached hydrogen (secondary N) is 1. The van der Waals surface area contributed by atoms with Crippen LogP contribution in [0.2, 0.25) is 0 Å². The van der Waals surface area contributed by atoms with Gasteiger partial charge in [-0.3, -0.25) is 9.78 Å². The van der Waals surface area contributed by atoms with Crippen molar-refractivity contribution in [2.45, 2.75) is 42.6 Å². The van der Waals surface area contributed by atoms with Gasteiger partial charge in [-0.15, -0.1) is 0 Å². The Balaban J connectivity index is 0.000000384. The molecule has 0 aliphatic carbocycles. The number of carboxylic acid groups (broad SMARTS) is 2. The maximum absolute atomic E-state index is 13.4. The summed E-state index contributed by atoms with van der Waals surface area (Å²) in [5.41, 5.74) is 0.0594. The van der Waals surface area contributed by atoms with Crippen molar-refractivity contribution < 1.29 is 59.4 Å². The summed E-state index contributed by atoms with van der Waals surface area (Å²) in [5.74, 6) is -5.56. The van der Waals surface area contributed by atoms with Crippen LogP contribution in [0.3, 0.4) is 0 Å². The number of aliphatic carboxylic acids is 2. The van der Waals surface area contributed by atoms with Crippen LogP contribution >= 0.6 is 0 Å². The number of sulfonamides is 1. The van der Waals surface area contributed by atoms with Crippen LogP contribution in [-0.2, 0) is 24.4 Å². The first kappa shape index (κ1) is 35.4. The molecular weight excluding hydrogens is 614 g/mol. The van der Waals surface area contributed by atoms with Crippen molar-refractivity contribution in [1.82, 2.24) is 14.2 Å². The van der Waals surface area contributed by atoms with Crippen LogP contribution in [0, 0.1) is 5.41 Å². The standard InChI is InChI=1S/C21H26N4O3S.2C2HF3O2/c1-24-14-10-21(20(26)23-17-6-5-12-22-16-17)11-15-25(13-9-19(21)24)29(27,28)18-7-3-2-4-8-18;2*3-2(4,5)1(6)7/h2-8,12,16,19H,9-11,13-15H2,1H3,(H,23,26);2*(H,6,7)/t19-,21-;;/m1../s1. The van der Waals surface area contributed by atoms with Crippen molar-refractivity contribution in [3.63, 3.8) is 0 Å². The first-order valence-electron chi connectivity index (χ1n) is 12.4. The molecule has 0 radical (unpaired) electrons. The Labute approximate surface area is 242 Å². The Morgan fingerprint density at radius 2 is 1.44 bits per heavy atom. The number of hydrogen-bond donors (Lipinski definition) is 3. The van der Waals surface area contributed by atoms with Gasteiger partial charge >= 0.3 is 24.3 Å². The third kappa shape index (κ3) is 9.36. The van der Waals surface area contributed by atoms with Gasteiger partial charge in [0.15, 0.2) is 0 Å². The van der Waals surface area contributed by atoms with Crippen LogP contribution in [0.25, 0.3) is 0 Å². The van der Waals surface area contributed by atoms with Crippen LogP contribution in [0.1, 0.15) is 19.3 Å². The van der Waals surface area contributed by atoms with E-state index in [1.807, 2.05) is 13.1 Å². The Kier molecular flexibility index (Phi) is 11.6. The second-order valence-corrected chi connectivity index (χ2v) is 11.4. The number of halogens is 6. The summed E-state index contributed by atoms with van der Waals surface area (Å²) in [6.07, 6.45) is -5.02. The van der Waals surface area contributed by atoms with Gasteiger partial charge in [0.25, 0.3) is 0 Å². The number of nitrogens with zero attached hydrogens (tertiary/aromatic N) is 3. The highest BCUT2D eigenvalue weighted by Gasteiger charge is 2.53. The molecule has 2 aromatic rings. The summed E-state index contributed by atoms with van der Waals surface area (Å²) >= 11 is 0. The molecule has 3 heterocycles. The second-order valence-electron chi connectivity index (χ2n) is 9.46. The summed E-state index contributed by atoms with van der Waals surface area (Å²) in [7, 11) is -1.55. The van der Waals surface area contributed by atoms with Gasteiger partial charge in [-0.25, -0.2) is 18.0 Å². The SMILES string of the molecule is CN1CC[C@@]2(C(=O)Nc3cccnc3)CCN(S(=O)(=O)c3ccccc3)CC[C@@H]12.O=C(O)C(F)(F)F.O=C(O)C(F)(F)F. The average Bonchev–Trinajstić information content (AvgIpc) is 3.11. The van der Waals surface area contributed by atoms with E-state index in [2.05, 4.69) is 15.2 Å². The summed E-state index contributed by atoms with van der Waals surface area (Å²) in [6, 6.07) is 12.1. The maximum Gasteiger partial charge on any atom is 0.490 e. The molecule has 2 atom stereocenters. The first-order valence-corrected chi connectivity index (χ1v) is 13.8. The van der Waals surface area contributed by atoms with Crippen molar-refractivity contribution in [2.24, 2.45) is 5.41 Å². The minimum atomic E-state index is -5.08. The second kappa shape index (κ2) is 14.1. The minimum Gasteiger partial charge on any atom is -0.475 e. The van der Waals surface area contributed by atoms with Gasteiger partial charge in [0.05, 0.1) is 22.2 Å². The number of anilines is 1. The zero-order valence-electron chi connectivity index (χ0n) is 22.5. The molecule has 2 fully saturated rings. The molecule has 2 aliphatic heterocycles. The molecule has 2 aliphatic rings. The molecule has 0 bridgehead atoms. The topological polar surface area (TPSA) is 157 Å². The number of amides is 1. The van der Waals surface area contributed by atoms with Crippen LogP contribution < -0.4 is 5.32 Å². The fourth-order valence-corrected chi connectivity index (χ4v) is 6.14. The van der Waals surface area contributed by atoms with E-state index >= 15 is 0 Å². The normalized spacial score (nSPS) is 21.1.